The van der Waals surface area contributed by atoms with Crippen LogP contribution in [0.3, 0.4) is 0 Å². The number of aliphatic carboxylic acids is 1. The first-order valence-electron chi connectivity index (χ1n) is 11.5. The molecule has 0 amide bonds. The molecule has 8 heteroatoms. The molecule has 1 aromatic heterocycles. The van der Waals surface area contributed by atoms with Crippen LogP contribution in [0.15, 0.2) is 60.7 Å². The van der Waals surface area contributed by atoms with Gasteiger partial charge in [-0.2, -0.15) is 0 Å². The number of anilines is 1. The number of carboxylic acid groups (broad SMARTS) is 1. The van der Waals surface area contributed by atoms with Crippen LogP contribution in [0.2, 0.25) is 0 Å². The van der Waals surface area contributed by atoms with Gasteiger partial charge in [0.2, 0.25) is 0 Å². The minimum atomic E-state index is -0.778. The number of carboxylic acids is 1. The number of nitrogen functional groups attached to an aromatic ring is 1. The first-order valence-corrected chi connectivity index (χ1v) is 11.5. The van der Waals surface area contributed by atoms with E-state index in [-0.39, 0.29) is 6.42 Å². The number of benzene rings is 3. The largest absolute Gasteiger partial charge is 0.497 e. The third-order valence-corrected chi connectivity index (χ3v) is 5.76. The summed E-state index contributed by atoms with van der Waals surface area (Å²) >= 11 is 0. The number of nitrogens with zero attached hydrogens (tertiary/aromatic N) is 2. The first kappa shape index (κ1) is 23.9. The Labute approximate surface area is 203 Å². The van der Waals surface area contributed by atoms with E-state index in [0.29, 0.717) is 24.5 Å². The zero-order valence-electron chi connectivity index (χ0n) is 19.9. The zero-order valence-corrected chi connectivity index (χ0v) is 19.9. The second kappa shape index (κ2) is 10.8. The van der Waals surface area contributed by atoms with Gasteiger partial charge < -0.3 is 25.1 Å². The van der Waals surface area contributed by atoms with Crippen LogP contribution in [0, 0.1) is 0 Å². The van der Waals surface area contributed by atoms with Gasteiger partial charge in [0.25, 0.3) is 0 Å². The van der Waals surface area contributed by atoms with Gasteiger partial charge in [-0.1, -0.05) is 0 Å². The maximum Gasteiger partial charge on any atom is 0.303 e. The fourth-order valence-corrected chi connectivity index (χ4v) is 3.91. The summed E-state index contributed by atoms with van der Waals surface area (Å²) in [5.41, 5.74) is 10.3. The maximum absolute atomic E-state index is 10.7. The molecule has 3 N–H and O–H groups in total. The predicted octanol–water partition coefficient (Wildman–Crippen LogP) is 5.32. The van der Waals surface area contributed by atoms with Gasteiger partial charge in [-0.15, -0.1) is 0 Å². The molecule has 8 nitrogen and oxygen atoms in total. The standard InChI is InChI=1S/C27H29N3O5/c1-33-20-11-7-18(8-12-20)27-29-23-16-22(28)25(35-15-5-3-4-6-26(31)32)17-24(23)30(27)19-9-13-21(34-2)14-10-19/h7-14,16-17H,3-6,15,28H2,1-2H3,(H,31,32). The highest BCUT2D eigenvalue weighted by Gasteiger charge is 2.17. The predicted molar refractivity (Wildman–Crippen MR) is 136 cm³/mol. The van der Waals surface area contributed by atoms with Crippen LogP contribution in [-0.4, -0.2) is 41.5 Å². The van der Waals surface area contributed by atoms with E-state index in [9.17, 15) is 4.79 Å². The van der Waals surface area contributed by atoms with E-state index >= 15 is 0 Å². The van der Waals surface area contributed by atoms with Crippen molar-refractivity contribution in [3.05, 3.63) is 60.7 Å². The normalized spacial score (nSPS) is 10.9. The van der Waals surface area contributed by atoms with Crippen molar-refractivity contribution in [1.82, 2.24) is 9.55 Å². The molecule has 0 bridgehead atoms. The molecule has 35 heavy (non-hydrogen) atoms. The van der Waals surface area contributed by atoms with Gasteiger partial charge in [0.1, 0.15) is 23.1 Å². The molecule has 0 fully saturated rings. The van der Waals surface area contributed by atoms with Gasteiger partial charge >= 0.3 is 5.97 Å². The van der Waals surface area contributed by atoms with Crippen LogP contribution in [0.1, 0.15) is 25.7 Å². The van der Waals surface area contributed by atoms with Crippen molar-refractivity contribution in [1.29, 1.82) is 0 Å². The Morgan fingerprint density at radius 1 is 0.943 bits per heavy atom. The molecule has 0 atom stereocenters. The minimum absolute atomic E-state index is 0.170. The number of ether oxygens (including phenoxy) is 3. The second-order valence-corrected chi connectivity index (χ2v) is 8.13. The van der Waals surface area contributed by atoms with Crippen molar-refractivity contribution in [3.63, 3.8) is 0 Å². The van der Waals surface area contributed by atoms with Crippen LogP contribution in [0.25, 0.3) is 28.1 Å². The van der Waals surface area contributed by atoms with E-state index in [0.717, 1.165) is 52.4 Å². The number of hydrogen-bond donors (Lipinski definition) is 2. The van der Waals surface area contributed by atoms with Crippen LogP contribution < -0.4 is 19.9 Å². The van der Waals surface area contributed by atoms with E-state index in [2.05, 4.69) is 4.57 Å². The van der Waals surface area contributed by atoms with Gasteiger partial charge in [-0.05, 0) is 73.9 Å². The molecule has 0 aliphatic heterocycles. The third-order valence-electron chi connectivity index (χ3n) is 5.76. The average Bonchev–Trinajstić information content (AvgIpc) is 3.24. The highest BCUT2D eigenvalue weighted by atomic mass is 16.5. The maximum atomic E-state index is 10.7. The Morgan fingerprint density at radius 3 is 2.23 bits per heavy atom. The Balaban J connectivity index is 1.70. The van der Waals surface area contributed by atoms with Crippen LogP contribution in [-0.2, 0) is 4.79 Å². The fraction of sp³-hybridized carbons (Fsp3) is 0.259. The highest BCUT2D eigenvalue weighted by Crippen LogP contribution is 2.35. The smallest absolute Gasteiger partial charge is 0.303 e. The number of hydrogen-bond acceptors (Lipinski definition) is 6. The second-order valence-electron chi connectivity index (χ2n) is 8.13. The number of carbonyl (C=O) groups is 1. The number of unbranched alkanes of at least 4 members (excludes halogenated alkanes) is 2. The van der Waals surface area contributed by atoms with Crippen molar-refractivity contribution >= 4 is 22.7 Å². The van der Waals surface area contributed by atoms with E-state index in [4.69, 9.17) is 30.0 Å². The number of aromatic nitrogens is 2. The molecule has 0 saturated carbocycles. The molecule has 4 rings (SSSR count). The van der Waals surface area contributed by atoms with E-state index in [1.54, 1.807) is 14.2 Å². The Morgan fingerprint density at radius 2 is 1.60 bits per heavy atom. The van der Waals surface area contributed by atoms with Crippen molar-refractivity contribution in [2.24, 2.45) is 0 Å². The lowest BCUT2D eigenvalue weighted by atomic mass is 10.2. The first-order chi connectivity index (χ1) is 17.0. The lowest BCUT2D eigenvalue weighted by molar-refractivity contribution is -0.137. The topological polar surface area (TPSA) is 109 Å². The summed E-state index contributed by atoms with van der Waals surface area (Å²) in [7, 11) is 3.27. The third kappa shape index (κ3) is 5.48. The lowest BCUT2D eigenvalue weighted by Gasteiger charge is -2.13. The van der Waals surface area contributed by atoms with Crippen molar-refractivity contribution < 1.29 is 24.1 Å². The quantitative estimate of drug-likeness (QED) is 0.223. The minimum Gasteiger partial charge on any atom is -0.497 e. The Hall–Kier alpha value is -4.20. The average molecular weight is 476 g/mol. The van der Waals surface area contributed by atoms with Crippen molar-refractivity contribution in [2.75, 3.05) is 26.6 Å². The molecule has 0 aliphatic carbocycles. The molecule has 4 aromatic rings. The van der Waals surface area contributed by atoms with Gasteiger partial charge in [-0.25, -0.2) is 4.98 Å². The highest BCUT2D eigenvalue weighted by molar-refractivity contribution is 5.88. The Kier molecular flexibility index (Phi) is 7.40. The zero-order chi connectivity index (χ0) is 24.8. The molecule has 0 radical (unpaired) electrons. The molecule has 0 saturated heterocycles. The van der Waals surface area contributed by atoms with Crippen LogP contribution in [0.5, 0.6) is 17.2 Å². The Bertz CT molecular complexity index is 1300. The molecular formula is C27H29N3O5. The van der Waals surface area contributed by atoms with Crippen molar-refractivity contribution in [3.8, 4) is 34.3 Å². The van der Waals surface area contributed by atoms with Crippen molar-refractivity contribution in [2.45, 2.75) is 25.7 Å². The van der Waals surface area contributed by atoms with Gasteiger partial charge in [0.05, 0.1) is 37.5 Å². The van der Waals surface area contributed by atoms with Gasteiger partial charge in [0.15, 0.2) is 0 Å². The monoisotopic (exact) mass is 475 g/mol. The molecule has 3 aromatic carbocycles. The van der Waals surface area contributed by atoms with E-state index < -0.39 is 5.97 Å². The molecule has 182 valence electrons. The summed E-state index contributed by atoms with van der Waals surface area (Å²) in [6.07, 6.45) is 2.32. The van der Waals surface area contributed by atoms with E-state index in [1.807, 2.05) is 60.7 Å². The van der Waals surface area contributed by atoms with E-state index in [1.165, 1.54) is 0 Å². The molecule has 0 unspecified atom stereocenters. The number of methoxy groups -OCH3 is 2. The summed E-state index contributed by atoms with van der Waals surface area (Å²) in [6, 6.07) is 19.2. The molecular weight excluding hydrogens is 446 g/mol. The summed E-state index contributed by atoms with van der Waals surface area (Å²) in [6.45, 7) is 0.456. The molecule has 0 aliphatic rings. The number of rotatable bonds is 11. The summed E-state index contributed by atoms with van der Waals surface area (Å²) < 4.78 is 18.7. The summed E-state index contributed by atoms with van der Waals surface area (Å²) in [5.74, 6) is 2.09. The summed E-state index contributed by atoms with van der Waals surface area (Å²) in [5, 5.41) is 8.78. The lowest BCUT2D eigenvalue weighted by Crippen LogP contribution is -2.02. The van der Waals surface area contributed by atoms with Crippen LogP contribution >= 0.6 is 0 Å². The van der Waals surface area contributed by atoms with Crippen LogP contribution in [0.4, 0.5) is 5.69 Å². The molecule has 0 spiro atoms. The molecule has 1 heterocycles. The summed E-state index contributed by atoms with van der Waals surface area (Å²) in [4.78, 5) is 15.6. The van der Waals surface area contributed by atoms with Gasteiger partial charge in [0, 0.05) is 23.7 Å². The fourth-order valence-electron chi connectivity index (χ4n) is 3.91. The number of nitrogens with two attached hydrogens (primary N) is 1. The number of fused-ring (bicyclic) bond motifs is 1. The number of imidazole rings is 1. The van der Waals surface area contributed by atoms with Gasteiger partial charge in [-0.3, -0.25) is 9.36 Å². The SMILES string of the molecule is COc1ccc(-c2nc3cc(N)c(OCCCCCC(=O)O)cc3n2-c2ccc(OC)cc2)cc1.